The first kappa shape index (κ1) is 21.0. The van der Waals surface area contributed by atoms with Crippen LogP contribution in [0.3, 0.4) is 0 Å². The molecule has 3 rings (SSSR count). The van der Waals surface area contributed by atoms with Gasteiger partial charge in [0.15, 0.2) is 0 Å². The van der Waals surface area contributed by atoms with Crippen LogP contribution in [0.25, 0.3) is 10.8 Å². The van der Waals surface area contributed by atoms with Gasteiger partial charge < -0.3 is 14.8 Å². The van der Waals surface area contributed by atoms with Crippen molar-refractivity contribution in [1.29, 1.82) is 0 Å². The molecule has 0 radical (unpaired) electrons. The Kier molecular flexibility index (Phi) is 7.01. The number of carbonyl (C=O) groups is 2. The van der Waals surface area contributed by atoms with E-state index in [1.54, 1.807) is 19.2 Å². The molecule has 3 aromatic carbocycles. The van der Waals surface area contributed by atoms with Crippen LogP contribution in [0.4, 0.5) is 5.69 Å². The number of amides is 1. The molecule has 29 heavy (non-hydrogen) atoms. The lowest BCUT2D eigenvalue weighted by molar-refractivity contribution is -0.137. The largest absolute Gasteiger partial charge is 0.495 e. The summed E-state index contributed by atoms with van der Waals surface area (Å²) in [6, 6.07) is 16.6. The van der Waals surface area contributed by atoms with Crippen molar-refractivity contribution in [3.05, 3.63) is 65.2 Å². The first-order valence-electron chi connectivity index (χ1n) is 8.85. The van der Waals surface area contributed by atoms with E-state index in [1.807, 2.05) is 42.5 Å². The van der Waals surface area contributed by atoms with Crippen LogP contribution in [0.1, 0.15) is 5.56 Å². The first-order valence-corrected chi connectivity index (χ1v) is 10.2. The number of halogens is 1. The highest BCUT2D eigenvalue weighted by atomic mass is 35.5. The number of nitrogens with one attached hydrogen (secondary N) is 1. The lowest BCUT2D eigenvalue weighted by Gasteiger charge is -2.16. The van der Waals surface area contributed by atoms with Crippen molar-refractivity contribution >= 4 is 51.7 Å². The molecule has 3 aromatic rings. The second kappa shape index (κ2) is 9.67. The van der Waals surface area contributed by atoms with Gasteiger partial charge in [-0.2, -0.15) is 0 Å². The number of anilines is 1. The number of fused-ring (bicyclic) bond motifs is 1. The highest BCUT2D eigenvalue weighted by molar-refractivity contribution is 8.00. The fraction of sp³-hybridized carbons (Fsp3) is 0.182. The third-order valence-corrected chi connectivity index (χ3v) is 5.54. The molecule has 0 spiro atoms. The molecule has 0 bridgehead atoms. The maximum Gasteiger partial charge on any atom is 0.315 e. The Morgan fingerprint density at radius 3 is 2.38 bits per heavy atom. The molecule has 1 amide bonds. The fourth-order valence-electron chi connectivity index (χ4n) is 2.92. The monoisotopic (exact) mass is 429 g/mol. The van der Waals surface area contributed by atoms with E-state index in [2.05, 4.69) is 5.32 Å². The molecule has 0 saturated heterocycles. The molecule has 0 aliphatic heterocycles. The molecule has 1 N–H and O–H groups in total. The van der Waals surface area contributed by atoms with E-state index in [4.69, 9.17) is 21.1 Å². The highest BCUT2D eigenvalue weighted by Gasteiger charge is 2.16. The number of hydrogen-bond acceptors (Lipinski definition) is 5. The number of rotatable bonds is 7. The molecule has 0 fully saturated rings. The molecule has 0 aliphatic rings. The minimum Gasteiger partial charge on any atom is -0.495 e. The SMILES string of the molecule is COC(=O)CSc1cc(NC(=O)Cc2ccc(Cl)cc2)c2ccccc2c1OC. The number of benzene rings is 3. The van der Waals surface area contributed by atoms with Gasteiger partial charge in [-0.1, -0.05) is 48.0 Å². The smallest absolute Gasteiger partial charge is 0.315 e. The number of thioether (sulfide) groups is 1. The summed E-state index contributed by atoms with van der Waals surface area (Å²) in [6.07, 6.45) is 0.224. The second-order valence-electron chi connectivity index (χ2n) is 6.22. The van der Waals surface area contributed by atoms with Crippen molar-refractivity contribution in [2.45, 2.75) is 11.3 Å². The van der Waals surface area contributed by atoms with Crippen molar-refractivity contribution in [2.75, 3.05) is 25.3 Å². The zero-order valence-electron chi connectivity index (χ0n) is 16.0. The predicted molar refractivity (Wildman–Crippen MR) is 117 cm³/mol. The van der Waals surface area contributed by atoms with Gasteiger partial charge in [0.25, 0.3) is 0 Å². The summed E-state index contributed by atoms with van der Waals surface area (Å²) in [7, 11) is 2.94. The Balaban J connectivity index is 1.92. The van der Waals surface area contributed by atoms with Crippen LogP contribution in [-0.2, 0) is 20.7 Å². The molecule has 0 atom stereocenters. The summed E-state index contributed by atoms with van der Waals surface area (Å²) >= 11 is 7.20. The van der Waals surface area contributed by atoms with E-state index in [-0.39, 0.29) is 24.1 Å². The molecule has 7 heteroatoms. The van der Waals surface area contributed by atoms with Crippen LogP contribution in [0.2, 0.25) is 5.02 Å². The molecular weight excluding hydrogens is 410 g/mol. The van der Waals surface area contributed by atoms with Crippen LogP contribution in [0, 0.1) is 0 Å². The van der Waals surface area contributed by atoms with Gasteiger partial charge in [0.2, 0.25) is 5.91 Å². The normalized spacial score (nSPS) is 10.6. The quantitative estimate of drug-likeness (QED) is 0.425. The van der Waals surface area contributed by atoms with E-state index in [9.17, 15) is 9.59 Å². The highest BCUT2D eigenvalue weighted by Crippen LogP contribution is 2.40. The topological polar surface area (TPSA) is 64.6 Å². The Labute approximate surface area is 178 Å². The van der Waals surface area contributed by atoms with Gasteiger partial charge in [-0.15, -0.1) is 11.8 Å². The molecule has 0 heterocycles. The van der Waals surface area contributed by atoms with Crippen molar-refractivity contribution in [3.8, 4) is 5.75 Å². The molecule has 0 aromatic heterocycles. The number of hydrogen-bond donors (Lipinski definition) is 1. The zero-order valence-corrected chi connectivity index (χ0v) is 17.6. The van der Waals surface area contributed by atoms with E-state index < -0.39 is 0 Å². The summed E-state index contributed by atoms with van der Waals surface area (Å²) in [5, 5.41) is 5.32. The van der Waals surface area contributed by atoms with Crippen LogP contribution in [0.5, 0.6) is 5.75 Å². The maximum absolute atomic E-state index is 12.6. The predicted octanol–water partition coefficient (Wildman–Crippen LogP) is 4.95. The lowest BCUT2D eigenvalue weighted by atomic mass is 10.1. The summed E-state index contributed by atoms with van der Waals surface area (Å²) in [6.45, 7) is 0. The van der Waals surface area contributed by atoms with Gasteiger partial charge in [-0.05, 0) is 23.8 Å². The van der Waals surface area contributed by atoms with E-state index >= 15 is 0 Å². The summed E-state index contributed by atoms with van der Waals surface area (Å²) in [5.41, 5.74) is 1.53. The summed E-state index contributed by atoms with van der Waals surface area (Å²) in [5.74, 6) is 0.318. The Bertz CT molecular complexity index is 1040. The molecule has 0 saturated carbocycles. The minimum absolute atomic E-state index is 0.142. The van der Waals surface area contributed by atoms with Crippen LogP contribution < -0.4 is 10.1 Å². The Hall–Kier alpha value is -2.70. The van der Waals surface area contributed by atoms with Crippen molar-refractivity contribution in [2.24, 2.45) is 0 Å². The van der Waals surface area contributed by atoms with Crippen LogP contribution in [-0.4, -0.2) is 31.8 Å². The maximum atomic E-state index is 12.6. The van der Waals surface area contributed by atoms with Gasteiger partial charge in [0.1, 0.15) is 5.75 Å². The minimum atomic E-state index is -0.335. The molecular formula is C22H20ClNO4S. The Morgan fingerprint density at radius 1 is 1.03 bits per heavy atom. The number of esters is 1. The summed E-state index contributed by atoms with van der Waals surface area (Å²) in [4.78, 5) is 25.0. The van der Waals surface area contributed by atoms with Gasteiger partial charge >= 0.3 is 5.97 Å². The third-order valence-electron chi connectivity index (χ3n) is 4.29. The van der Waals surface area contributed by atoms with E-state index in [1.165, 1.54) is 18.9 Å². The van der Waals surface area contributed by atoms with Gasteiger partial charge in [0.05, 0.1) is 31.3 Å². The van der Waals surface area contributed by atoms with Crippen LogP contribution >= 0.6 is 23.4 Å². The summed E-state index contributed by atoms with van der Waals surface area (Å²) < 4.78 is 10.3. The van der Waals surface area contributed by atoms with Crippen LogP contribution in [0.15, 0.2) is 59.5 Å². The van der Waals surface area contributed by atoms with Gasteiger partial charge in [0, 0.05) is 21.5 Å². The average molecular weight is 430 g/mol. The van der Waals surface area contributed by atoms with Gasteiger partial charge in [-0.25, -0.2) is 0 Å². The number of methoxy groups -OCH3 is 2. The molecule has 0 aliphatic carbocycles. The first-order chi connectivity index (χ1) is 14.0. The van der Waals surface area contributed by atoms with E-state index in [0.717, 1.165) is 21.2 Å². The van der Waals surface area contributed by atoms with Crippen molar-refractivity contribution < 1.29 is 19.1 Å². The van der Waals surface area contributed by atoms with Crippen molar-refractivity contribution in [1.82, 2.24) is 0 Å². The third kappa shape index (κ3) is 5.22. The fourth-order valence-corrected chi connectivity index (χ4v) is 3.96. The standard InChI is InChI=1S/C22H20ClNO4S/c1-27-21(26)13-29-19-12-18(16-5-3-4-6-17(16)22(19)28-2)24-20(25)11-14-7-9-15(23)10-8-14/h3-10,12H,11,13H2,1-2H3,(H,24,25). The second-order valence-corrected chi connectivity index (χ2v) is 7.67. The molecule has 5 nitrogen and oxygen atoms in total. The number of carbonyl (C=O) groups excluding carboxylic acids is 2. The van der Waals surface area contributed by atoms with E-state index in [0.29, 0.717) is 16.5 Å². The number of ether oxygens (including phenoxy) is 2. The average Bonchev–Trinajstić information content (AvgIpc) is 2.73. The molecule has 150 valence electrons. The van der Waals surface area contributed by atoms with Crippen molar-refractivity contribution in [3.63, 3.8) is 0 Å². The molecule has 0 unspecified atom stereocenters. The lowest BCUT2D eigenvalue weighted by Crippen LogP contribution is -2.15. The van der Waals surface area contributed by atoms with Gasteiger partial charge in [-0.3, -0.25) is 9.59 Å². The zero-order chi connectivity index (χ0) is 20.8. The Morgan fingerprint density at radius 2 is 1.72 bits per heavy atom.